The van der Waals surface area contributed by atoms with E-state index in [1.165, 1.54) is 16.6 Å². The highest BCUT2D eigenvalue weighted by Crippen LogP contribution is 2.24. The third-order valence-electron chi connectivity index (χ3n) is 3.97. The fourth-order valence-corrected chi connectivity index (χ4v) is 2.94. The minimum Gasteiger partial charge on any atom is -0.347 e. The van der Waals surface area contributed by atoms with Crippen LogP contribution >= 0.6 is 0 Å². The molecular formula is C19H19NO. The van der Waals surface area contributed by atoms with Crippen LogP contribution in [0.15, 0.2) is 54.7 Å². The van der Waals surface area contributed by atoms with Crippen molar-refractivity contribution in [3.8, 4) is 0 Å². The number of aldehydes is 1. The van der Waals surface area contributed by atoms with Crippen LogP contribution in [0.1, 0.15) is 27.9 Å². The van der Waals surface area contributed by atoms with Gasteiger partial charge in [-0.3, -0.25) is 4.79 Å². The van der Waals surface area contributed by atoms with Gasteiger partial charge in [0.15, 0.2) is 6.29 Å². The molecule has 3 rings (SSSR count). The lowest BCUT2D eigenvalue weighted by Crippen LogP contribution is -1.99. The molecule has 106 valence electrons. The van der Waals surface area contributed by atoms with Gasteiger partial charge in [-0.2, -0.15) is 0 Å². The van der Waals surface area contributed by atoms with Crippen LogP contribution in [0.4, 0.5) is 0 Å². The molecule has 2 nitrogen and oxygen atoms in total. The second kappa shape index (κ2) is 5.96. The molecule has 0 bridgehead atoms. The summed E-state index contributed by atoms with van der Waals surface area (Å²) >= 11 is 0. The molecular weight excluding hydrogens is 258 g/mol. The fraction of sp³-hybridized carbons (Fsp3) is 0.211. The Morgan fingerprint density at radius 1 is 1.05 bits per heavy atom. The first-order valence-corrected chi connectivity index (χ1v) is 7.37. The van der Waals surface area contributed by atoms with E-state index >= 15 is 0 Å². The highest BCUT2D eigenvalue weighted by atomic mass is 16.1. The van der Waals surface area contributed by atoms with Crippen LogP contribution in [0.3, 0.4) is 0 Å². The van der Waals surface area contributed by atoms with Crippen molar-refractivity contribution in [3.05, 3.63) is 71.4 Å². The average Bonchev–Trinajstić information content (AvgIpc) is 2.88. The monoisotopic (exact) mass is 277 g/mol. The normalized spacial score (nSPS) is 10.9. The van der Waals surface area contributed by atoms with Crippen molar-refractivity contribution in [3.63, 3.8) is 0 Å². The number of para-hydroxylation sites is 1. The zero-order valence-electron chi connectivity index (χ0n) is 12.3. The van der Waals surface area contributed by atoms with Crippen molar-refractivity contribution in [1.29, 1.82) is 0 Å². The Bertz CT molecular complexity index is 756. The van der Waals surface area contributed by atoms with E-state index in [0.29, 0.717) is 0 Å². The Kier molecular flexibility index (Phi) is 3.87. The second-order valence-electron chi connectivity index (χ2n) is 5.46. The Balaban J connectivity index is 1.82. The van der Waals surface area contributed by atoms with Crippen LogP contribution in [-0.4, -0.2) is 10.9 Å². The molecule has 0 atom stereocenters. The molecule has 2 aromatic carbocycles. The number of nitrogens with zero attached hydrogens (tertiary/aromatic N) is 1. The molecule has 21 heavy (non-hydrogen) atoms. The summed E-state index contributed by atoms with van der Waals surface area (Å²) in [5.74, 6) is 0. The summed E-state index contributed by atoms with van der Waals surface area (Å²) in [5, 5.41) is 1.06. The largest absolute Gasteiger partial charge is 0.347 e. The van der Waals surface area contributed by atoms with E-state index in [-0.39, 0.29) is 0 Å². The van der Waals surface area contributed by atoms with Gasteiger partial charge in [0.25, 0.3) is 0 Å². The predicted octanol–water partition coefficient (Wildman–Crippen LogP) is 4.40. The summed E-state index contributed by atoms with van der Waals surface area (Å²) in [7, 11) is 0. The van der Waals surface area contributed by atoms with Gasteiger partial charge >= 0.3 is 0 Å². The van der Waals surface area contributed by atoms with Crippen molar-refractivity contribution in [2.75, 3.05) is 0 Å². The van der Waals surface area contributed by atoms with E-state index in [0.717, 1.165) is 36.6 Å². The summed E-state index contributed by atoms with van der Waals surface area (Å²) in [5.41, 5.74) is 4.56. The lowest BCUT2D eigenvalue weighted by Gasteiger charge is -2.07. The van der Waals surface area contributed by atoms with Gasteiger partial charge in [0.05, 0.1) is 5.52 Å². The molecule has 0 fully saturated rings. The fourth-order valence-electron chi connectivity index (χ4n) is 2.94. The number of fused-ring (bicyclic) bond motifs is 1. The number of hydrogen-bond donors (Lipinski definition) is 0. The Hall–Kier alpha value is -2.35. The number of hydrogen-bond acceptors (Lipinski definition) is 1. The van der Waals surface area contributed by atoms with E-state index in [1.54, 1.807) is 0 Å². The van der Waals surface area contributed by atoms with Crippen LogP contribution in [0.2, 0.25) is 0 Å². The first-order chi connectivity index (χ1) is 10.3. The lowest BCUT2D eigenvalue weighted by atomic mass is 10.1. The Morgan fingerprint density at radius 3 is 2.62 bits per heavy atom. The number of rotatable bonds is 5. The van der Waals surface area contributed by atoms with Crippen molar-refractivity contribution < 1.29 is 4.79 Å². The Morgan fingerprint density at radius 2 is 1.86 bits per heavy atom. The third kappa shape index (κ3) is 2.75. The van der Waals surface area contributed by atoms with Gasteiger partial charge in [-0.1, -0.05) is 48.5 Å². The molecule has 0 aliphatic rings. The predicted molar refractivity (Wildman–Crippen MR) is 86.8 cm³/mol. The highest BCUT2D eigenvalue weighted by molar-refractivity contribution is 5.98. The SMILES string of the molecule is Cc1cccc2c(C=O)cn(CCCc3ccccc3)c12. The number of carbonyl (C=O) groups excluding carboxylic acids is 1. The molecule has 0 saturated carbocycles. The molecule has 0 aliphatic heterocycles. The molecule has 2 heteroatoms. The zero-order chi connectivity index (χ0) is 14.7. The maximum atomic E-state index is 11.2. The molecule has 0 unspecified atom stereocenters. The van der Waals surface area contributed by atoms with E-state index in [4.69, 9.17) is 0 Å². The summed E-state index contributed by atoms with van der Waals surface area (Å²) in [4.78, 5) is 11.2. The quantitative estimate of drug-likeness (QED) is 0.634. The molecule has 0 amide bonds. The van der Waals surface area contributed by atoms with Gasteiger partial charge in [0.1, 0.15) is 0 Å². The summed E-state index contributed by atoms with van der Waals surface area (Å²) in [6.07, 6.45) is 5.06. The number of aryl methyl sites for hydroxylation is 3. The summed E-state index contributed by atoms with van der Waals surface area (Å²) < 4.78 is 2.22. The van der Waals surface area contributed by atoms with Crippen LogP contribution in [0.25, 0.3) is 10.9 Å². The number of benzene rings is 2. The molecule has 0 radical (unpaired) electrons. The van der Waals surface area contributed by atoms with Gasteiger partial charge in [-0.15, -0.1) is 0 Å². The van der Waals surface area contributed by atoms with Crippen LogP contribution in [0.5, 0.6) is 0 Å². The maximum absolute atomic E-state index is 11.2. The van der Waals surface area contributed by atoms with Crippen LogP contribution in [-0.2, 0) is 13.0 Å². The minimum absolute atomic E-state index is 0.786. The smallest absolute Gasteiger partial charge is 0.152 e. The topological polar surface area (TPSA) is 22.0 Å². The molecule has 0 saturated heterocycles. The summed E-state index contributed by atoms with van der Waals surface area (Å²) in [6.45, 7) is 3.04. The molecule has 0 spiro atoms. The molecule has 1 aromatic heterocycles. The first-order valence-electron chi connectivity index (χ1n) is 7.37. The average molecular weight is 277 g/mol. The van der Waals surface area contributed by atoms with E-state index < -0.39 is 0 Å². The molecule has 0 aliphatic carbocycles. The molecule has 3 aromatic rings. The third-order valence-corrected chi connectivity index (χ3v) is 3.97. The molecule has 1 heterocycles. The Labute approximate surface area is 125 Å². The van der Waals surface area contributed by atoms with Crippen molar-refractivity contribution in [1.82, 2.24) is 4.57 Å². The number of aromatic nitrogens is 1. The van der Waals surface area contributed by atoms with E-state index in [9.17, 15) is 4.79 Å². The van der Waals surface area contributed by atoms with E-state index in [1.807, 2.05) is 24.4 Å². The van der Waals surface area contributed by atoms with Crippen molar-refractivity contribution >= 4 is 17.2 Å². The van der Waals surface area contributed by atoms with Crippen molar-refractivity contribution in [2.45, 2.75) is 26.3 Å². The second-order valence-corrected chi connectivity index (χ2v) is 5.46. The van der Waals surface area contributed by atoms with Gasteiger partial charge in [-0.25, -0.2) is 0 Å². The van der Waals surface area contributed by atoms with Crippen LogP contribution < -0.4 is 0 Å². The summed E-state index contributed by atoms with van der Waals surface area (Å²) in [6, 6.07) is 16.7. The number of carbonyl (C=O) groups is 1. The van der Waals surface area contributed by atoms with Gasteiger partial charge in [0.2, 0.25) is 0 Å². The lowest BCUT2D eigenvalue weighted by molar-refractivity contribution is 0.112. The first kappa shape index (κ1) is 13.6. The van der Waals surface area contributed by atoms with E-state index in [2.05, 4.69) is 41.8 Å². The minimum atomic E-state index is 0.786. The maximum Gasteiger partial charge on any atom is 0.152 e. The van der Waals surface area contributed by atoms with Gasteiger partial charge in [-0.05, 0) is 30.9 Å². The van der Waals surface area contributed by atoms with Crippen molar-refractivity contribution in [2.24, 2.45) is 0 Å². The highest BCUT2D eigenvalue weighted by Gasteiger charge is 2.09. The van der Waals surface area contributed by atoms with Gasteiger partial charge < -0.3 is 4.57 Å². The zero-order valence-corrected chi connectivity index (χ0v) is 12.3. The standard InChI is InChI=1S/C19H19NO/c1-15-7-5-11-18-17(14-21)13-20(19(15)18)12-6-10-16-8-3-2-4-9-16/h2-5,7-9,11,13-14H,6,10,12H2,1H3. The van der Waals surface area contributed by atoms with Gasteiger partial charge in [0, 0.05) is 23.7 Å². The molecule has 0 N–H and O–H groups in total. The van der Waals surface area contributed by atoms with Crippen LogP contribution in [0, 0.1) is 6.92 Å².